The van der Waals surface area contributed by atoms with Crippen molar-refractivity contribution in [2.75, 3.05) is 11.9 Å². The molecule has 31 heavy (non-hydrogen) atoms. The second kappa shape index (κ2) is 7.21. The van der Waals surface area contributed by atoms with Crippen molar-refractivity contribution in [1.82, 2.24) is 9.29 Å². The predicted molar refractivity (Wildman–Crippen MR) is 115 cm³/mol. The summed E-state index contributed by atoms with van der Waals surface area (Å²) in [6.45, 7) is 0.510. The molecule has 3 N–H and O–H groups in total. The maximum atomic E-state index is 13.4. The number of aromatic carboxylic acids is 1. The molecule has 2 aliphatic rings. The van der Waals surface area contributed by atoms with E-state index in [9.17, 15) is 23.1 Å². The maximum absolute atomic E-state index is 13.4. The van der Waals surface area contributed by atoms with Crippen LogP contribution in [0.2, 0.25) is 0 Å². The van der Waals surface area contributed by atoms with E-state index in [-0.39, 0.29) is 22.9 Å². The molecule has 0 unspecified atom stereocenters. The Morgan fingerprint density at radius 1 is 1.06 bits per heavy atom. The third-order valence-electron chi connectivity index (χ3n) is 6.03. The van der Waals surface area contributed by atoms with Crippen molar-refractivity contribution in [3.05, 3.63) is 58.8 Å². The van der Waals surface area contributed by atoms with Crippen molar-refractivity contribution in [1.29, 1.82) is 0 Å². The molecule has 0 aliphatic carbocycles. The summed E-state index contributed by atoms with van der Waals surface area (Å²) in [5, 5.41) is 12.9. The van der Waals surface area contributed by atoms with Gasteiger partial charge in [-0.3, -0.25) is 4.79 Å². The highest BCUT2D eigenvalue weighted by molar-refractivity contribution is 7.89. The molecular formula is C22H21N3O5S. The molecule has 0 radical (unpaired) electrons. The molecule has 3 heterocycles. The number of benzene rings is 2. The Hall–Kier alpha value is -3.17. The number of carboxylic acid groups (broad SMARTS) is 1. The number of rotatable bonds is 3. The van der Waals surface area contributed by atoms with Gasteiger partial charge in [-0.15, -0.1) is 0 Å². The molecule has 2 aliphatic heterocycles. The maximum Gasteiger partial charge on any atom is 0.335 e. The van der Waals surface area contributed by atoms with E-state index in [1.54, 1.807) is 24.3 Å². The molecule has 3 aromatic rings. The first kappa shape index (κ1) is 19.8. The van der Waals surface area contributed by atoms with Crippen LogP contribution in [0.3, 0.4) is 0 Å². The Bertz CT molecular complexity index is 1340. The van der Waals surface area contributed by atoms with Gasteiger partial charge in [-0.05, 0) is 60.4 Å². The monoisotopic (exact) mass is 439 g/mol. The molecule has 8 nitrogen and oxygen atoms in total. The zero-order chi connectivity index (χ0) is 21.8. The van der Waals surface area contributed by atoms with E-state index in [4.69, 9.17) is 0 Å². The molecule has 0 spiro atoms. The van der Waals surface area contributed by atoms with Gasteiger partial charge in [0.2, 0.25) is 15.9 Å². The molecule has 0 fully saturated rings. The van der Waals surface area contributed by atoms with E-state index in [2.05, 4.69) is 10.3 Å². The van der Waals surface area contributed by atoms with Crippen molar-refractivity contribution in [3.8, 4) is 0 Å². The summed E-state index contributed by atoms with van der Waals surface area (Å²) in [6, 6.07) is 9.70. The number of aromatic nitrogens is 1. The van der Waals surface area contributed by atoms with E-state index in [0.717, 1.165) is 27.7 Å². The van der Waals surface area contributed by atoms with Gasteiger partial charge in [0.25, 0.3) is 0 Å². The Kier molecular flexibility index (Phi) is 4.60. The standard InChI is InChI=1S/C22H21N3O5S/c26-21-3-1-2-13-10-15(5-7-18(13)24-21)31(29,30)25-9-8-20-17(12-25)16-11-14(22(27)28)4-6-19(16)23-20/h4-7,10-11,23H,1-3,8-9,12H2,(H,24,26)(H,27,28). The van der Waals surface area contributed by atoms with Gasteiger partial charge in [0, 0.05) is 48.2 Å². The van der Waals surface area contributed by atoms with Gasteiger partial charge < -0.3 is 15.4 Å². The molecule has 0 saturated carbocycles. The number of H-pyrrole nitrogens is 1. The van der Waals surface area contributed by atoms with Crippen molar-refractivity contribution in [2.24, 2.45) is 0 Å². The Labute approximate surface area is 178 Å². The van der Waals surface area contributed by atoms with Crippen LogP contribution >= 0.6 is 0 Å². The number of aryl methyl sites for hydroxylation is 1. The quantitative estimate of drug-likeness (QED) is 0.580. The number of hydrogen-bond acceptors (Lipinski definition) is 4. The first-order valence-electron chi connectivity index (χ1n) is 10.1. The van der Waals surface area contributed by atoms with Crippen LogP contribution in [-0.4, -0.2) is 41.2 Å². The fourth-order valence-electron chi connectivity index (χ4n) is 4.39. The molecule has 1 aromatic heterocycles. The second-order valence-corrected chi connectivity index (χ2v) is 9.89. The minimum absolute atomic E-state index is 0.0574. The molecule has 0 bridgehead atoms. The summed E-state index contributed by atoms with van der Waals surface area (Å²) in [7, 11) is -3.75. The molecule has 2 aromatic carbocycles. The highest BCUT2D eigenvalue weighted by Gasteiger charge is 2.31. The Morgan fingerprint density at radius 3 is 2.71 bits per heavy atom. The van der Waals surface area contributed by atoms with Crippen LogP contribution < -0.4 is 5.32 Å². The number of hydrogen-bond donors (Lipinski definition) is 3. The van der Waals surface area contributed by atoms with Crippen LogP contribution in [0.1, 0.15) is 40.0 Å². The number of anilines is 1. The molecule has 1 amide bonds. The molecular weight excluding hydrogens is 418 g/mol. The fourth-order valence-corrected chi connectivity index (χ4v) is 5.85. The van der Waals surface area contributed by atoms with E-state index in [1.807, 2.05) is 0 Å². The average molecular weight is 439 g/mol. The largest absolute Gasteiger partial charge is 0.478 e. The predicted octanol–water partition coefficient (Wildman–Crippen LogP) is 2.89. The summed E-state index contributed by atoms with van der Waals surface area (Å²) in [5.41, 5.74) is 4.21. The molecule has 0 saturated heterocycles. The normalized spacial score (nSPS) is 17.0. The zero-order valence-corrected chi connectivity index (χ0v) is 17.5. The van der Waals surface area contributed by atoms with Gasteiger partial charge in [0.15, 0.2) is 0 Å². The molecule has 9 heteroatoms. The van der Waals surface area contributed by atoms with Crippen LogP contribution in [0, 0.1) is 0 Å². The smallest absolute Gasteiger partial charge is 0.335 e. The lowest BCUT2D eigenvalue weighted by Crippen LogP contribution is -2.35. The number of sulfonamides is 1. The number of carbonyl (C=O) groups excluding carboxylic acids is 1. The van der Waals surface area contributed by atoms with E-state index >= 15 is 0 Å². The number of aromatic amines is 1. The fraction of sp³-hybridized carbons (Fsp3) is 0.273. The number of nitrogens with zero attached hydrogens (tertiary/aromatic N) is 1. The highest BCUT2D eigenvalue weighted by Crippen LogP contribution is 2.32. The van der Waals surface area contributed by atoms with Gasteiger partial charge in [-0.1, -0.05) is 0 Å². The lowest BCUT2D eigenvalue weighted by molar-refractivity contribution is -0.116. The van der Waals surface area contributed by atoms with Crippen LogP contribution in [0.4, 0.5) is 5.69 Å². The van der Waals surface area contributed by atoms with Gasteiger partial charge in [-0.25, -0.2) is 13.2 Å². The topological polar surface area (TPSA) is 120 Å². The van der Waals surface area contributed by atoms with E-state index in [0.29, 0.717) is 37.9 Å². The second-order valence-electron chi connectivity index (χ2n) is 7.96. The molecule has 5 rings (SSSR count). The molecule has 160 valence electrons. The molecule has 0 atom stereocenters. The van der Waals surface area contributed by atoms with Crippen LogP contribution in [0.5, 0.6) is 0 Å². The number of amides is 1. The van der Waals surface area contributed by atoms with Crippen LogP contribution in [0.15, 0.2) is 41.3 Å². The summed E-state index contributed by atoms with van der Waals surface area (Å²) in [6.07, 6.45) is 2.26. The minimum atomic E-state index is -3.75. The minimum Gasteiger partial charge on any atom is -0.478 e. The van der Waals surface area contributed by atoms with E-state index < -0.39 is 16.0 Å². The summed E-state index contributed by atoms with van der Waals surface area (Å²) in [4.78, 5) is 26.6. The Morgan fingerprint density at radius 2 is 1.90 bits per heavy atom. The number of fused-ring (bicyclic) bond motifs is 4. The summed E-state index contributed by atoms with van der Waals surface area (Å²) < 4.78 is 28.2. The van der Waals surface area contributed by atoms with Gasteiger partial charge in [-0.2, -0.15) is 4.31 Å². The van der Waals surface area contributed by atoms with Gasteiger partial charge in [0.1, 0.15) is 0 Å². The first-order chi connectivity index (χ1) is 14.8. The first-order valence-corrected chi connectivity index (χ1v) is 11.6. The van der Waals surface area contributed by atoms with Crippen molar-refractivity contribution < 1.29 is 23.1 Å². The van der Waals surface area contributed by atoms with Crippen molar-refractivity contribution >= 4 is 38.5 Å². The van der Waals surface area contributed by atoms with Crippen molar-refractivity contribution in [3.63, 3.8) is 0 Å². The van der Waals surface area contributed by atoms with Crippen LogP contribution in [0.25, 0.3) is 10.9 Å². The lowest BCUT2D eigenvalue weighted by Gasteiger charge is -2.27. The third kappa shape index (κ3) is 3.39. The zero-order valence-electron chi connectivity index (χ0n) is 16.6. The van der Waals surface area contributed by atoms with Gasteiger partial charge in [0.05, 0.1) is 10.5 Å². The van der Waals surface area contributed by atoms with Crippen molar-refractivity contribution in [2.45, 2.75) is 37.1 Å². The number of nitrogens with one attached hydrogen (secondary N) is 2. The SMILES string of the molecule is O=C1CCCc2cc(S(=O)(=O)N3CCc4[nH]c5ccc(C(=O)O)cc5c4C3)ccc2N1. The highest BCUT2D eigenvalue weighted by atomic mass is 32.2. The number of carbonyl (C=O) groups is 2. The average Bonchev–Trinajstić information content (AvgIpc) is 3.00. The lowest BCUT2D eigenvalue weighted by atomic mass is 10.0. The van der Waals surface area contributed by atoms with Crippen LogP contribution in [-0.2, 0) is 34.2 Å². The van der Waals surface area contributed by atoms with E-state index in [1.165, 1.54) is 16.4 Å². The summed E-state index contributed by atoms with van der Waals surface area (Å²) >= 11 is 0. The number of carboxylic acids is 1. The van der Waals surface area contributed by atoms with Gasteiger partial charge >= 0.3 is 5.97 Å². The Balaban J connectivity index is 1.50. The third-order valence-corrected chi connectivity index (χ3v) is 7.87. The summed E-state index contributed by atoms with van der Waals surface area (Å²) in [5.74, 6) is -1.08.